The second-order valence-electron chi connectivity index (χ2n) is 5.17. The highest BCUT2D eigenvalue weighted by Crippen LogP contribution is 2.19. The maximum atomic E-state index is 12.2. The lowest BCUT2D eigenvalue weighted by molar-refractivity contribution is 0.0950. The maximum Gasteiger partial charge on any atom is 0.257 e. The third kappa shape index (κ3) is 3.71. The molecule has 1 fully saturated rings. The third-order valence-electron chi connectivity index (χ3n) is 3.28. The molecule has 112 valence electrons. The maximum absolute atomic E-state index is 12.2. The molecule has 1 aliphatic rings. The van der Waals surface area contributed by atoms with Gasteiger partial charge in [0, 0.05) is 28.6 Å². The Labute approximate surface area is 136 Å². The molecule has 0 atom stereocenters. The van der Waals surface area contributed by atoms with Gasteiger partial charge in [-0.3, -0.25) is 14.6 Å². The SMILES string of the molecule is O=C(Nc1ccc(Br)cc1)c1cncc(C(=O)NC2CC2)c1. The van der Waals surface area contributed by atoms with Gasteiger partial charge in [-0.25, -0.2) is 0 Å². The largest absolute Gasteiger partial charge is 0.349 e. The van der Waals surface area contributed by atoms with Crippen molar-refractivity contribution in [1.82, 2.24) is 10.3 Å². The fraction of sp³-hybridized carbons (Fsp3) is 0.188. The first-order valence-electron chi connectivity index (χ1n) is 6.94. The van der Waals surface area contributed by atoms with Crippen molar-refractivity contribution in [2.24, 2.45) is 0 Å². The molecule has 1 saturated carbocycles. The van der Waals surface area contributed by atoms with Crippen LogP contribution in [-0.2, 0) is 0 Å². The Hall–Kier alpha value is -2.21. The van der Waals surface area contributed by atoms with E-state index in [0.717, 1.165) is 17.3 Å². The third-order valence-corrected chi connectivity index (χ3v) is 3.81. The number of hydrogen-bond acceptors (Lipinski definition) is 3. The Morgan fingerprint density at radius 1 is 1.05 bits per heavy atom. The average molecular weight is 360 g/mol. The van der Waals surface area contributed by atoms with Crippen LogP contribution in [-0.4, -0.2) is 22.8 Å². The van der Waals surface area contributed by atoms with Crippen LogP contribution in [0.4, 0.5) is 5.69 Å². The molecule has 0 spiro atoms. The van der Waals surface area contributed by atoms with Crippen LogP contribution in [0, 0.1) is 0 Å². The first-order valence-corrected chi connectivity index (χ1v) is 7.74. The van der Waals surface area contributed by atoms with Gasteiger partial charge in [0.1, 0.15) is 0 Å². The highest BCUT2D eigenvalue weighted by Gasteiger charge is 2.24. The predicted molar refractivity (Wildman–Crippen MR) is 86.8 cm³/mol. The van der Waals surface area contributed by atoms with Gasteiger partial charge in [0.15, 0.2) is 0 Å². The van der Waals surface area contributed by atoms with E-state index in [0.29, 0.717) is 16.8 Å². The number of anilines is 1. The number of rotatable bonds is 4. The van der Waals surface area contributed by atoms with Crippen LogP contribution < -0.4 is 10.6 Å². The monoisotopic (exact) mass is 359 g/mol. The number of pyridine rings is 1. The minimum absolute atomic E-state index is 0.187. The molecule has 0 saturated heterocycles. The topological polar surface area (TPSA) is 71.1 Å². The molecule has 1 heterocycles. The van der Waals surface area contributed by atoms with E-state index in [2.05, 4.69) is 31.5 Å². The molecule has 1 aromatic carbocycles. The average Bonchev–Trinajstić information content (AvgIpc) is 3.33. The van der Waals surface area contributed by atoms with E-state index in [1.165, 1.54) is 12.4 Å². The Bertz CT molecular complexity index is 712. The van der Waals surface area contributed by atoms with Crippen molar-refractivity contribution in [2.75, 3.05) is 5.32 Å². The van der Waals surface area contributed by atoms with E-state index in [-0.39, 0.29) is 17.9 Å². The summed E-state index contributed by atoms with van der Waals surface area (Å²) in [5, 5.41) is 5.65. The normalized spacial score (nSPS) is 13.5. The minimum atomic E-state index is -0.295. The highest BCUT2D eigenvalue weighted by atomic mass is 79.9. The number of amides is 2. The van der Waals surface area contributed by atoms with Crippen molar-refractivity contribution in [3.05, 3.63) is 58.3 Å². The fourth-order valence-electron chi connectivity index (χ4n) is 1.92. The summed E-state index contributed by atoms with van der Waals surface area (Å²) in [6, 6.07) is 9.09. The van der Waals surface area contributed by atoms with E-state index in [9.17, 15) is 9.59 Å². The molecule has 0 unspecified atom stereocenters. The molecule has 1 aliphatic carbocycles. The fourth-order valence-corrected chi connectivity index (χ4v) is 2.19. The van der Waals surface area contributed by atoms with Gasteiger partial charge in [0.05, 0.1) is 11.1 Å². The standard InChI is InChI=1S/C16H14BrN3O2/c17-12-1-3-13(4-2-12)19-15(21)10-7-11(9-18-8-10)16(22)20-14-5-6-14/h1-4,7-9,14H,5-6H2,(H,19,21)(H,20,22). The summed E-state index contributed by atoms with van der Waals surface area (Å²) >= 11 is 3.34. The molecule has 0 radical (unpaired) electrons. The summed E-state index contributed by atoms with van der Waals surface area (Å²) in [7, 11) is 0. The van der Waals surface area contributed by atoms with Gasteiger partial charge in [-0.15, -0.1) is 0 Å². The summed E-state index contributed by atoms with van der Waals surface area (Å²) in [4.78, 5) is 28.2. The van der Waals surface area contributed by atoms with Crippen LogP contribution >= 0.6 is 15.9 Å². The van der Waals surface area contributed by atoms with Crippen LogP contribution in [0.15, 0.2) is 47.2 Å². The van der Waals surface area contributed by atoms with Crippen molar-refractivity contribution < 1.29 is 9.59 Å². The number of carbonyl (C=O) groups is 2. The second kappa shape index (κ2) is 6.27. The van der Waals surface area contributed by atoms with E-state index in [1.807, 2.05) is 12.1 Å². The molecule has 22 heavy (non-hydrogen) atoms. The Kier molecular flexibility index (Phi) is 4.20. The zero-order chi connectivity index (χ0) is 15.5. The number of halogens is 1. The number of aromatic nitrogens is 1. The van der Waals surface area contributed by atoms with E-state index < -0.39 is 0 Å². The Balaban J connectivity index is 1.71. The van der Waals surface area contributed by atoms with Crippen molar-refractivity contribution in [1.29, 1.82) is 0 Å². The zero-order valence-corrected chi connectivity index (χ0v) is 13.3. The lowest BCUT2D eigenvalue weighted by Crippen LogP contribution is -2.26. The summed E-state index contributed by atoms with van der Waals surface area (Å²) in [5.41, 5.74) is 1.43. The van der Waals surface area contributed by atoms with Crippen molar-refractivity contribution in [3.63, 3.8) is 0 Å². The molecule has 0 bridgehead atoms. The smallest absolute Gasteiger partial charge is 0.257 e. The molecular formula is C16H14BrN3O2. The van der Waals surface area contributed by atoms with Gasteiger partial charge >= 0.3 is 0 Å². The molecule has 1 aromatic heterocycles. The van der Waals surface area contributed by atoms with E-state index in [1.54, 1.807) is 18.2 Å². The molecule has 6 heteroatoms. The van der Waals surface area contributed by atoms with Crippen molar-refractivity contribution in [3.8, 4) is 0 Å². The molecule has 5 nitrogen and oxygen atoms in total. The first kappa shape index (κ1) is 14.7. The molecule has 2 aromatic rings. The van der Waals surface area contributed by atoms with Crippen LogP contribution in [0.2, 0.25) is 0 Å². The van der Waals surface area contributed by atoms with Crippen LogP contribution in [0.3, 0.4) is 0 Å². The number of benzene rings is 1. The summed E-state index contributed by atoms with van der Waals surface area (Å²) in [5.74, 6) is -0.482. The first-order chi connectivity index (χ1) is 10.6. The van der Waals surface area contributed by atoms with Gasteiger partial charge in [-0.05, 0) is 43.2 Å². The van der Waals surface area contributed by atoms with Crippen LogP contribution in [0.5, 0.6) is 0 Å². The summed E-state index contributed by atoms with van der Waals surface area (Å²) < 4.78 is 0.936. The number of nitrogens with one attached hydrogen (secondary N) is 2. The second-order valence-corrected chi connectivity index (χ2v) is 6.09. The van der Waals surface area contributed by atoms with Crippen molar-refractivity contribution in [2.45, 2.75) is 18.9 Å². The van der Waals surface area contributed by atoms with Gasteiger partial charge in [0.25, 0.3) is 11.8 Å². The van der Waals surface area contributed by atoms with E-state index >= 15 is 0 Å². The van der Waals surface area contributed by atoms with Crippen molar-refractivity contribution >= 4 is 33.4 Å². The molecule has 2 N–H and O–H groups in total. The number of nitrogens with zero attached hydrogens (tertiary/aromatic N) is 1. The molecular weight excluding hydrogens is 346 g/mol. The van der Waals surface area contributed by atoms with Gasteiger partial charge in [-0.2, -0.15) is 0 Å². The minimum Gasteiger partial charge on any atom is -0.349 e. The quantitative estimate of drug-likeness (QED) is 0.881. The lowest BCUT2D eigenvalue weighted by Gasteiger charge is -2.07. The molecule has 2 amide bonds. The molecule has 3 rings (SSSR count). The highest BCUT2D eigenvalue weighted by molar-refractivity contribution is 9.10. The van der Waals surface area contributed by atoms with Crippen LogP contribution in [0.1, 0.15) is 33.6 Å². The number of hydrogen-bond donors (Lipinski definition) is 2. The van der Waals surface area contributed by atoms with Gasteiger partial charge in [-0.1, -0.05) is 15.9 Å². The lowest BCUT2D eigenvalue weighted by atomic mass is 10.2. The Morgan fingerprint density at radius 3 is 2.32 bits per heavy atom. The van der Waals surface area contributed by atoms with Gasteiger partial charge < -0.3 is 10.6 Å². The molecule has 0 aliphatic heterocycles. The van der Waals surface area contributed by atoms with Crippen LogP contribution in [0.25, 0.3) is 0 Å². The zero-order valence-electron chi connectivity index (χ0n) is 11.7. The van der Waals surface area contributed by atoms with Gasteiger partial charge in [0.2, 0.25) is 0 Å². The summed E-state index contributed by atoms with van der Waals surface area (Å²) in [6.07, 6.45) is 4.95. The number of carbonyl (C=O) groups excluding carboxylic acids is 2. The summed E-state index contributed by atoms with van der Waals surface area (Å²) in [6.45, 7) is 0. The van der Waals surface area contributed by atoms with E-state index in [4.69, 9.17) is 0 Å². The predicted octanol–water partition coefficient (Wildman–Crippen LogP) is 2.99. The Morgan fingerprint density at radius 2 is 1.68 bits per heavy atom.